The molecule has 0 spiro atoms. The SMILES string of the molecule is C=CCCCC/C=C/C/C=C/C#N. The fourth-order valence-corrected chi connectivity index (χ4v) is 0.964. The molecule has 0 rings (SSSR count). The number of hydrogen-bond acceptors (Lipinski definition) is 1. The second kappa shape index (κ2) is 10.7. The van der Waals surface area contributed by atoms with E-state index in [9.17, 15) is 0 Å². The summed E-state index contributed by atoms with van der Waals surface area (Å²) in [7, 11) is 0. The third kappa shape index (κ3) is 10.7. The summed E-state index contributed by atoms with van der Waals surface area (Å²) >= 11 is 0. The van der Waals surface area contributed by atoms with E-state index in [4.69, 9.17) is 5.26 Å². The highest BCUT2D eigenvalue weighted by atomic mass is 14.2. The third-order valence-electron chi connectivity index (χ3n) is 1.66. The van der Waals surface area contributed by atoms with Crippen LogP contribution in [0.1, 0.15) is 32.1 Å². The van der Waals surface area contributed by atoms with Crippen LogP contribution in [-0.2, 0) is 0 Å². The lowest BCUT2D eigenvalue weighted by Gasteiger charge is -1.91. The van der Waals surface area contributed by atoms with Gasteiger partial charge in [0.2, 0.25) is 0 Å². The van der Waals surface area contributed by atoms with E-state index in [1.165, 1.54) is 18.9 Å². The number of rotatable bonds is 7. The quantitative estimate of drug-likeness (QED) is 0.328. The van der Waals surface area contributed by atoms with E-state index in [2.05, 4.69) is 18.7 Å². The van der Waals surface area contributed by atoms with E-state index in [-0.39, 0.29) is 0 Å². The van der Waals surface area contributed by atoms with Crippen LogP contribution in [0.25, 0.3) is 0 Å². The molecule has 0 fully saturated rings. The second-order valence-electron chi connectivity index (χ2n) is 2.81. The molecule has 0 bridgehead atoms. The Bertz CT molecular complexity index is 206. The second-order valence-corrected chi connectivity index (χ2v) is 2.81. The van der Waals surface area contributed by atoms with Gasteiger partial charge in [-0.2, -0.15) is 5.26 Å². The first-order valence-electron chi connectivity index (χ1n) is 4.72. The summed E-state index contributed by atoms with van der Waals surface area (Å²) in [5.74, 6) is 0. The summed E-state index contributed by atoms with van der Waals surface area (Å²) in [6, 6.07) is 1.96. The smallest absolute Gasteiger partial charge is 0.0908 e. The Morgan fingerprint density at radius 1 is 1.08 bits per heavy atom. The van der Waals surface area contributed by atoms with Gasteiger partial charge in [-0.15, -0.1) is 6.58 Å². The minimum Gasteiger partial charge on any atom is -0.193 e. The van der Waals surface area contributed by atoms with Gasteiger partial charge in [-0.25, -0.2) is 0 Å². The van der Waals surface area contributed by atoms with E-state index in [1.54, 1.807) is 0 Å². The predicted molar refractivity (Wildman–Crippen MR) is 57.2 cm³/mol. The van der Waals surface area contributed by atoms with E-state index >= 15 is 0 Å². The normalized spacial score (nSPS) is 10.7. The summed E-state index contributed by atoms with van der Waals surface area (Å²) < 4.78 is 0. The monoisotopic (exact) mass is 175 g/mol. The van der Waals surface area contributed by atoms with Gasteiger partial charge < -0.3 is 0 Å². The molecule has 1 heteroatoms. The number of hydrogen-bond donors (Lipinski definition) is 0. The molecule has 0 unspecified atom stereocenters. The van der Waals surface area contributed by atoms with E-state index in [0.717, 1.165) is 19.3 Å². The molecule has 0 aliphatic heterocycles. The Balaban J connectivity index is 3.18. The van der Waals surface area contributed by atoms with Crippen LogP contribution in [0, 0.1) is 11.3 Å². The van der Waals surface area contributed by atoms with Crippen LogP contribution >= 0.6 is 0 Å². The largest absolute Gasteiger partial charge is 0.193 e. The zero-order valence-electron chi connectivity index (χ0n) is 8.08. The van der Waals surface area contributed by atoms with Gasteiger partial charge in [0, 0.05) is 6.08 Å². The molecule has 0 amide bonds. The van der Waals surface area contributed by atoms with Crippen LogP contribution in [0.4, 0.5) is 0 Å². The lowest BCUT2D eigenvalue weighted by Crippen LogP contribution is -1.71. The lowest BCUT2D eigenvalue weighted by atomic mass is 10.2. The minimum atomic E-state index is 0.870. The van der Waals surface area contributed by atoms with Gasteiger partial charge in [0.05, 0.1) is 6.07 Å². The predicted octanol–water partition coefficient (Wildman–Crippen LogP) is 3.76. The van der Waals surface area contributed by atoms with E-state index in [0.29, 0.717) is 0 Å². The third-order valence-corrected chi connectivity index (χ3v) is 1.66. The highest BCUT2D eigenvalue weighted by Crippen LogP contribution is 2.01. The molecule has 13 heavy (non-hydrogen) atoms. The zero-order chi connectivity index (χ0) is 9.78. The summed E-state index contributed by atoms with van der Waals surface area (Å²) in [6.07, 6.45) is 15.2. The Morgan fingerprint density at radius 3 is 2.54 bits per heavy atom. The average Bonchev–Trinajstić information content (AvgIpc) is 2.16. The van der Waals surface area contributed by atoms with E-state index < -0.39 is 0 Å². The van der Waals surface area contributed by atoms with Crippen molar-refractivity contribution in [1.29, 1.82) is 5.26 Å². The van der Waals surface area contributed by atoms with Crippen LogP contribution in [0.5, 0.6) is 0 Å². The maximum atomic E-state index is 8.20. The van der Waals surface area contributed by atoms with Crippen molar-refractivity contribution in [2.75, 3.05) is 0 Å². The summed E-state index contributed by atoms with van der Waals surface area (Å²) in [5.41, 5.74) is 0. The topological polar surface area (TPSA) is 23.8 Å². The summed E-state index contributed by atoms with van der Waals surface area (Å²) in [6.45, 7) is 3.67. The molecular weight excluding hydrogens is 158 g/mol. The van der Waals surface area contributed by atoms with Crippen molar-refractivity contribution in [3.05, 3.63) is 37.0 Å². The molecule has 0 heterocycles. The summed E-state index contributed by atoms with van der Waals surface area (Å²) in [4.78, 5) is 0. The first-order valence-corrected chi connectivity index (χ1v) is 4.72. The number of allylic oxidation sites excluding steroid dienone is 5. The fraction of sp³-hybridized carbons (Fsp3) is 0.417. The fourth-order valence-electron chi connectivity index (χ4n) is 0.964. The van der Waals surface area contributed by atoms with Crippen molar-refractivity contribution in [3.63, 3.8) is 0 Å². The highest BCUT2D eigenvalue weighted by molar-refractivity contribution is 5.04. The molecule has 0 aromatic rings. The van der Waals surface area contributed by atoms with Crippen LogP contribution < -0.4 is 0 Å². The van der Waals surface area contributed by atoms with Crippen LogP contribution in [0.2, 0.25) is 0 Å². The van der Waals surface area contributed by atoms with Gasteiger partial charge in [0.15, 0.2) is 0 Å². The maximum Gasteiger partial charge on any atom is 0.0908 e. The Kier molecular flexibility index (Phi) is 9.65. The van der Waals surface area contributed by atoms with Gasteiger partial charge in [0.1, 0.15) is 0 Å². The number of nitrogens with zero attached hydrogens (tertiary/aromatic N) is 1. The maximum absolute atomic E-state index is 8.20. The molecule has 0 atom stereocenters. The Hall–Kier alpha value is -1.29. The molecule has 0 saturated heterocycles. The van der Waals surface area contributed by atoms with Gasteiger partial charge in [0.25, 0.3) is 0 Å². The number of unbranched alkanes of at least 4 members (excludes halogenated alkanes) is 3. The van der Waals surface area contributed by atoms with Crippen molar-refractivity contribution >= 4 is 0 Å². The van der Waals surface area contributed by atoms with Crippen LogP contribution in [0.3, 0.4) is 0 Å². The van der Waals surface area contributed by atoms with Crippen LogP contribution in [-0.4, -0.2) is 0 Å². The van der Waals surface area contributed by atoms with E-state index in [1.807, 2.05) is 18.2 Å². The van der Waals surface area contributed by atoms with Crippen molar-refractivity contribution in [1.82, 2.24) is 0 Å². The Labute approximate surface area is 81.1 Å². The van der Waals surface area contributed by atoms with Gasteiger partial charge in [-0.1, -0.05) is 24.3 Å². The molecular formula is C12H17N. The lowest BCUT2D eigenvalue weighted by molar-refractivity contribution is 0.762. The van der Waals surface area contributed by atoms with Crippen molar-refractivity contribution in [3.8, 4) is 6.07 Å². The van der Waals surface area contributed by atoms with Crippen molar-refractivity contribution in [2.24, 2.45) is 0 Å². The molecule has 0 N–H and O–H groups in total. The molecule has 1 nitrogen and oxygen atoms in total. The molecule has 0 aliphatic rings. The molecule has 70 valence electrons. The molecule has 0 radical (unpaired) electrons. The van der Waals surface area contributed by atoms with Crippen molar-refractivity contribution < 1.29 is 0 Å². The molecule has 0 aromatic carbocycles. The molecule has 0 aliphatic carbocycles. The first-order chi connectivity index (χ1) is 6.41. The summed E-state index contributed by atoms with van der Waals surface area (Å²) in [5, 5.41) is 8.20. The van der Waals surface area contributed by atoms with Gasteiger partial charge in [-0.3, -0.25) is 0 Å². The van der Waals surface area contributed by atoms with Crippen molar-refractivity contribution in [2.45, 2.75) is 32.1 Å². The van der Waals surface area contributed by atoms with Crippen LogP contribution in [0.15, 0.2) is 37.0 Å². The average molecular weight is 175 g/mol. The zero-order valence-corrected chi connectivity index (χ0v) is 8.08. The highest BCUT2D eigenvalue weighted by Gasteiger charge is 1.81. The minimum absolute atomic E-state index is 0.870. The van der Waals surface area contributed by atoms with Gasteiger partial charge >= 0.3 is 0 Å². The standard InChI is InChI=1S/C12H17N/c1-2-3-4-5-6-7-8-9-10-11-12-13/h2,7-8,10-11H,1,3-6,9H2/b8-7+,11-10+. The molecule has 0 aromatic heterocycles. The number of nitriles is 1. The Morgan fingerprint density at radius 2 is 1.85 bits per heavy atom. The van der Waals surface area contributed by atoms with Gasteiger partial charge in [-0.05, 0) is 32.1 Å². The first kappa shape index (κ1) is 11.7. The molecule has 0 saturated carbocycles.